The van der Waals surface area contributed by atoms with Crippen molar-refractivity contribution in [2.45, 2.75) is 26.3 Å². The Morgan fingerprint density at radius 2 is 2.15 bits per heavy atom. The highest BCUT2D eigenvalue weighted by Crippen LogP contribution is 2.33. The Morgan fingerprint density at radius 1 is 1.54 bits per heavy atom. The lowest BCUT2D eigenvalue weighted by molar-refractivity contribution is -0.142. The molecule has 0 saturated heterocycles. The van der Waals surface area contributed by atoms with Gasteiger partial charge in [0, 0.05) is 5.41 Å². The average Bonchev–Trinajstić information content (AvgIpc) is 2.39. The molecular weight excluding hydrogens is 170 g/mol. The molecule has 0 spiro atoms. The van der Waals surface area contributed by atoms with E-state index in [4.69, 9.17) is 4.74 Å². The molecule has 0 aromatic rings. The molecule has 0 bridgehead atoms. The predicted octanol–water partition coefficient (Wildman–Crippen LogP) is 1.00. The van der Waals surface area contributed by atoms with Gasteiger partial charge >= 0.3 is 5.97 Å². The number of hydrogen-bond donors (Lipinski definition) is 0. The molecule has 0 amide bonds. The molecule has 0 saturated carbocycles. The van der Waals surface area contributed by atoms with E-state index >= 15 is 0 Å². The minimum atomic E-state index is -0.394. The summed E-state index contributed by atoms with van der Waals surface area (Å²) >= 11 is 0. The van der Waals surface area contributed by atoms with E-state index < -0.39 is 6.04 Å². The Hall–Kier alpha value is -1.06. The predicted molar refractivity (Wildman–Crippen MR) is 48.6 cm³/mol. The van der Waals surface area contributed by atoms with Crippen LogP contribution >= 0.6 is 0 Å². The van der Waals surface area contributed by atoms with Crippen LogP contribution in [0.1, 0.15) is 20.3 Å². The van der Waals surface area contributed by atoms with Crippen LogP contribution in [0.5, 0.6) is 0 Å². The summed E-state index contributed by atoms with van der Waals surface area (Å²) in [4.78, 5) is 15.3. The molecule has 13 heavy (non-hydrogen) atoms. The van der Waals surface area contributed by atoms with Gasteiger partial charge in [-0.3, -0.25) is 0 Å². The first-order chi connectivity index (χ1) is 6.01. The maximum Gasteiger partial charge on any atom is 0.330 e. The highest BCUT2D eigenvalue weighted by Gasteiger charge is 2.40. The molecule has 1 aliphatic heterocycles. The van der Waals surface area contributed by atoms with E-state index in [-0.39, 0.29) is 11.4 Å². The molecular formula is C9H15NO3. The first-order valence-electron chi connectivity index (χ1n) is 4.21. The molecule has 0 fully saturated rings. The second-order valence-corrected chi connectivity index (χ2v) is 3.77. The van der Waals surface area contributed by atoms with Crippen LogP contribution in [0.4, 0.5) is 0 Å². The molecule has 1 heterocycles. The van der Waals surface area contributed by atoms with E-state index in [1.807, 2.05) is 13.8 Å². The molecule has 4 heteroatoms. The third-order valence-corrected chi connectivity index (χ3v) is 2.22. The normalized spacial score (nSPS) is 25.2. The quantitative estimate of drug-likeness (QED) is 0.573. The van der Waals surface area contributed by atoms with Crippen LogP contribution in [-0.2, 0) is 14.3 Å². The van der Waals surface area contributed by atoms with Crippen LogP contribution in [0.3, 0.4) is 0 Å². The maximum atomic E-state index is 11.2. The lowest BCUT2D eigenvalue weighted by Gasteiger charge is -2.18. The van der Waals surface area contributed by atoms with Gasteiger partial charge in [-0.1, -0.05) is 13.8 Å². The lowest BCUT2D eigenvalue weighted by Crippen LogP contribution is -2.24. The van der Waals surface area contributed by atoms with Crippen molar-refractivity contribution < 1.29 is 14.3 Å². The van der Waals surface area contributed by atoms with Gasteiger partial charge in [0.25, 0.3) is 0 Å². The SMILES string of the molecule is COC(=O)[C@@H]1CC(C)(C)C(OC)=N1. The van der Waals surface area contributed by atoms with E-state index in [9.17, 15) is 4.79 Å². The standard InChI is InChI=1S/C9H15NO3/c1-9(2)5-6(7(11)12-3)10-8(9)13-4/h6H,5H2,1-4H3/t6-/m0/s1. The summed E-state index contributed by atoms with van der Waals surface area (Å²) in [6.45, 7) is 4.00. The van der Waals surface area contributed by atoms with Crippen molar-refractivity contribution in [2.24, 2.45) is 10.4 Å². The Balaban J connectivity index is 2.78. The monoisotopic (exact) mass is 185 g/mol. The molecule has 0 aliphatic carbocycles. The van der Waals surface area contributed by atoms with Crippen LogP contribution < -0.4 is 0 Å². The van der Waals surface area contributed by atoms with Gasteiger partial charge in [-0.25, -0.2) is 9.79 Å². The molecule has 1 aliphatic rings. The maximum absolute atomic E-state index is 11.2. The van der Waals surface area contributed by atoms with Gasteiger partial charge in [0.2, 0.25) is 0 Å². The average molecular weight is 185 g/mol. The molecule has 74 valence electrons. The van der Waals surface area contributed by atoms with Crippen LogP contribution in [0.25, 0.3) is 0 Å². The van der Waals surface area contributed by atoms with Crippen molar-refractivity contribution in [3.05, 3.63) is 0 Å². The minimum Gasteiger partial charge on any atom is -0.484 e. The summed E-state index contributed by atoms with van der Waals surface area (Å²) < 4.78 is 9.71. The van der Waals surface area contributed by atoms with Gasteiger partial charge in [0.1, 0.15) is 0 Å². The second-order valence-electron chi connectivity index (χ2n) is 3.77. The number of ether oxygens (including phenoxy) is 2. The molecule has 1 rings (SSSR count). The first-order valence-corrected chi connectivity index (χ1v) is 4.21. The van der Waals surface area contributed by atoms with Crippen LogP contribution in [0, 0.1) is 5.41 Å². The highest BCUT2D eigenvalue weighted by atomic mass is 16.5. The van der Waals surface area contributed by atoms with Crippen molar-refractivity contribution in [3.63, 3.8) is 0 Å². The number of carbonyl (C=O) groups is 1. The fourth-order valence-electron chi connectivity index (χ4n) is 1.53. The summed E-state index contributed by atoms with van der Waals surface area (Å²) in [5.74, 6) is 0.336. The summed E-state index contributed by atoms with van der Waals surface area (Å²) in [5, 5.41) is 0. The Labute approximate surface area is 77.9 Å². The zero-order chi connectivity index (χ0) is 10.1. The van der Waals surface area contributed by atoms with Gasteiger partial charge in [-0.2, -0.15) is 0 Å². The Morgan fingerprint density at radius 3 is 2.54 bits per heavy atom. The van der Waals surface area contributed by atoms with Crippen molar-refractivity contribution in [2.75, 3.05) is 14.2 Å². The van der Waals surface area contributed by atoms with Crippen molar-refractivity contribution in [1.82, 2.24) is 0 Å². The van der Waals surface area contributed by atoms with Gasteiger partial charge in [0.05, 0.1) is 14.2 Å². The Kier molecular flexibility index (Phi) is 2.59. The van der Waals surface area contributed by atoms with Crippen LogP contribution in [-0.4, -0.2) is 32.1 Å². The molecule has 0 unspecified atom stereocenters. The largest absolute Gasteiger partial charge is 0.484 e. The number of methoxy groups -OCH3 is 2. The number of hydrogen-bond acceptors (Lipinski definition) is 4. The molecule has 4 nitrogen and oxygen atoms in total. The fourth-order valence-corrected chi connectivity index (χ4v) is 1.53. The van der Waals surface area contributed by atoms with E-state index in [2.05, 4.69) is 9.73 Å². The van der Waals surface area contributed by atoms with Crippen molar-refractivity contribution >= 4 is 11.9 Å². The van der Waals surface area contributed by atoms with Crippen LogP contribution in [0.2, 0.25) is 0 Å². The molecule has 1 atom stereocenters. The van der Waals surface area contributed by atoms with Crippen molar-refractivity contribution in [3.8, 4) is 0 Å². The molecule has 0 aromatic heterocycles. The van der Waals surface area contributed by atoms with Gasteiger partial charge in [0.15, 0.2) is 11.9 Å². The van der Waals surface area contributed by atoms with E-state index in [0.29, 0.717) is 12.3 Å². The summed E-state index contributed by atoms with van der Waals surface area (Å²) in [7, 11) is 2.94. The number of nitrogens with zero attached hydrogens (tertiary/aromatic N) is 1. The second kappa shape index (κ2) is 3.36. The van der Waals surface area contributed by atoms with Gasteiger partial charge in [-0.05, 0) is 6.42 Å². The summed E-state index contributed by atoms with van der Waals surface area (Å²) in [6.07, 6.45) is 0.656. The first kappa shape index (κ1) is 10.0. The molecule has 0 radical (unpaired) electrons. The zero-order valence-electron chi connectivity index (χ0n) is 8.46. The summed E-state index contributed by atoms with van der Waals surface area (Å²) in [5.41, 5.74) is -0.159. The van der Waals surface area contributed by atoms with Gasteiger partial charge < -0.3 is 9.47 Å². The van der Waals surface area contributed by atoms with E-state index in [0.717, 1.165) is 0 Å². The number of carbonyl (C=O) groups excluding carboxylic acids is 1. The number of rotatable bonds is 1. The zero-order valence-corrected chi connectivity index (χ0v) is 8.46. The highest BCUT2D eigenvalue weighted by molar-refractivity contribution is 5.89. The minimum absolute atomic E-state index is 0.159. The fraction of sp³-hybridized carbons (Fsp3) is 0.778. The van der Waals surface area contributed by atoms with Crippen molar-refractivity contribution in [1.29, 1.82) is 0 Å². The van der Waals surface area contributed by atoms with Crippen LogP contribution in [0.15, 0.2) is 4.99 Å². The summed E-state index contributed by atoms with van der Waals surface area (Å²) in [6, 6.07) is -0.394. The topological polar surface area (TPSA) is 47.9 Å². The lowest BCUT2D eigenvalue weighted by atomic mass is 9.89. The van der Waals surface area contributed by atoms with Gasteiger partial charge in [-0.15, -0.1) is 0 Å². The van der Waals surface area contributed by atoms with E-state index in [1.54, 1.807) is 7.11 Å². The third kappa shape index (κ3) is 1.82. The third-order valence-electron chi connectivity index (χ3n) is 2.22. The molecule has 0 aromatic carbocycles. The number of esters is 1. The number of aliphatic imine (C=N–C) groups is 1. The Bertz CT molecular complexity index is 245. The smallest absolute Gasteiger partial charge is 0.330 e. The van der Waals surface area contributed by atoms with E-state index in [1.165, 1.54) is 7.11 Å². The molecule has 0 N–H and O–H groups in total.